The van der Waals surface area contributed by atoms with E-state index in [-0.39, 0.29) is 18.5 Å². The Morgan fingerprint density at radius 3 is 3.10 bits per heavy atom. The number of benzene rings is 1. The fourth-order valence-electron chi connectivity index (χ4n) is 2.23. The largest absolute Gasteiger partial charge is 0.378 e. The van der Waals surface area contributed by atoms with Gasteiger partial charge in [0.05, 0.1) is 24.8 Å². The van der Waals surface area contributed by atoms with Gasteiger partial charge < -0.3 is 15.0 Å². The molecule has 1 aromatic carbocycles. The summed E-state index contributed by atoms with van der Waals surface area (Å²) in [6, 6.07) is 6.12. The Labute approximate surface area is 123 Å². The number of carbonyl (C=O) groups is 1. The number of nitriles is 1. The second-order valence-electron chi connectivity index (χ2n) is 5.10. The quantitative estimate of drug-likeness (QED) is 0.900. The first-order valence-electron chi connectivity index (χ1n) is 6.83. The van der Waals surface area contributed by atoms with Gasteiger partial charge >= 0.3 is 0 Å². The van der Waals surface area contributed by atoms with E-state index in [1.165, 1.54) is 23.1 Å². The van der Waals surface area contributed by atoms with E-state index >= 15 is 0 Å². The van der Waals surface area contributed by atoms with Gasteiger partial charge in [-0.05, 0) is 18.2 Å². The summed E-state index contributed by atoms with van der Waals surface area (Å²) < 4.78 is 19.0. The predicted molar refractivity (Wildman–Crippen MR) is 74.8 cm³/mol. The smallest absolute Gasteiger partial charge is 0.224 e. The molecule has 0 spiro atoms. The molecule has 1 heterocycles. The van der Waals surface area contributed by atoms with Crippen LogP contribution in [0.4, 0.5) is 4.39 Å². The molecule has 1 unspecified atom stereocenters. The van der Waals surface area contributed by atoms with Crippen molar-refractivity contribution >= 4 is 5.91 Å². The number of hydrogen-bond donors (Lipinski definition) is 1. The molecule has 0 aliphatic carbocycles. The zero-order valence-electron chi connectivity index (χ0n) is 11.9. The van der Waals surface area contributed by atoms with E-state index in [0.29, 0.717) is 30.8 Å². The number of amides is 1. The minimum absolute atomic E-state index is 0.00369. The van der Waals surface area contributed by atoms with E-state index in [1.807, 2.05) is 6.07 Å². The molecule has 0 saturated carbocycles. The van der Waals surface area contributed by atoms with Crippen molar-refractivity contribution in [1.29, 1.82) is 5.26 Å². The number of ether oxygens (including phenoxy) is 1. The Morgan fingerprint density at radius 1 is 1.62 bits per heavy atom. The van der Waals surface area contributed by atoms with Gasteiger partial charge in [-0.25, -0.2) is 4.39 Å². The average molecular weight is 291 g/mol. The highest BCUT2D eigenvalue weighted by molar-refractivity contribution is 5.76. The van der Waals surface area contributed by atoms with Crippen LogP contribution in [0, 0.1) is 17.1 Å². The molecule has 1 atom stereocenters. The first-order valence-corrected chi connectivity index (χ1v) is 6.83. The fraction of sp³-hybridized carbons (Fsp3) is 0.467. The van der Waals surface area contributed by atoms with E-state index in [0.717, 1.165) is 6.54 Å². The second-order valence-corrected chi connectivity index (χ2v) is 5.10. The van der Waals surface area contributed by atoms with Crippen LogP contribution in [0.5, 0.6) is 0 Å². The number of nitrogens with one attached hydrogen (secondary N) is 1. The van der Waals surface area contributed by atoms with Gasteiger partial charge in [-0.2, -0.15) is 5.26 Å². The zero-order chi connectivity index (χ0) is 15.2. The maximum atomic E-state index is 13.7. The van der Waals surface area contributed by atoms with Crippen molar-refractivity contribution in [1.82, 2.24) is 10.2 Å². The monoisotopic (exact) mass is 291 g/mol. The summed E-state index contributed by atoms with van der Waals surface area (Å²) in [7, 11) is 1.63. The number of carbonyl (C=O) groups excluding carboxylic acids is 1. The maximum absolute atomic E-state index is 13.7. The molecule has 1 aromatic rings. The van der Waals surface area contributed by atoms with Crippen molar-refractivity contribution in [2.24, 2.45) is 0 Å². The Bertz CT molecular complexity index is 550. The average Bonchev–Trinajstić information content (AvgIpc) is 2.50. The molecule has 6 heteroatoms. The minimum atomic E-state index is -0.409. The molecule has 0 aromatic heterocycles. The predicted octanol–water partition coefficient (Wildman–Crippen LogP) is 1.03. The number of nitrogens with zero attached hydrogens (tertiary/aromatic N) is 2. The SMILES string of the molecule is CN(Cc1cc(C#N)ccc1F)C(=O)CC1COCCN1. The Kier molecular flexibility index (Phi) is 5.26. The summed E-state index contributed by atoms with van der Waals surface area (Å²) in [5.74, 6) is -0.493. The molecule has 1 fully saturated rings. The molecular formula is C15H18FN3O2. The van der Waals surface area contributed by atoms with Gasteiger partial charge in [0.2, 0.25) is 5.91 Å². The molecule has 1 saturated heterocycles. The summed E-state index contributed by atoms with van der Waals surface area (Å²) >= 11 is 0. The summed E-state index contributed by atoms with van der Waals surface area (Å²) in [4.78, 5) is 13.6. The molecule has 5 nitrogen and oxygen atoms in total. The summed E-state index contributed by atoms with van der Waals surface area (Å²) in [6.07, 6.45) is 0.316. The third-order valence-electron chi connectivity index (χ3n) is 3.43. The van der Waals surface area contributed by atoms with Crippen LogP contribution in [-0.2, 0) is 16.1 Å². The maximum Gasteiger partial charge on any atom is 0.224 e. The van der Waals surface area contributed by atoms with Crippen LogP contribution in [0.2, 0.25) is 0 Å². The Balaban J connectivity index is 1.95. The highest BCUT2D eigenvalue weighted by Crippen LogP contribution is 2.13. The highest BCUT2D eigenvalue weighted by atomic mass is 19.1. The van der Waals surface area contributed by atoms with Gasteiger partial charge in [0.25, 0.3) is 0 Å². The van der Waals surface area contributed by atoms with Gasteiger partial charge in [0.1, 0.15) is 5.82 Å². The molecule has 112 valence electrons. The van der Waals surface area contributed by atoms with Gasteiger partial charge in [-0.1, -0.05) is 0 Å². The summed E-state index contributed by atoms with van der Waals surface area (Å²) in [6.45, 7) is 2.05. The van der Waals surface area contributed by atoms with Crippen LogP contribution in [0.3, 0.4) is 0 Å². The molecule has 1 amide bonds. The van der Waals surface area contributed by atoms with Crippen molar-refractivity contribution in [3.8, 4) is 6.07 Å². The van der Waals surface area contributed by atoms with Gasteiger partial charge in [0.15, 0.2) is 0 Å². The number of rotatable bonds is 4. The first-order chi connectivity index (χ1) is 10.1. The lowest BCUT2D eigenvalue weighted by Crippen LogP contribution is -2.44. The molecule has 1 aliphatic heterocycles. The van der Waals surface area contributed by atoms with Crippen LogP contribution in [0.15, 0.2) is 18.2 Å². The zero-order valence-corrected chi connectivity index (χ0v) is 11.9. The van der Waals surface area contributed by atoms with E-state index in [2.05, 4.69) is 5.32 Å². The standard InChI is InChI=1S/C15H18FN3O2/c1-19(15(20)7-13-10-21-5-4-18-13)9-12-6-11(8-17)2-3-14(12)16/h2-3,6,13,18H,4-5,7,9-10H2,1H3. The van der Waals surface area contributed by atoms with Crippen LogP contribution in [-0.4, -0.2) is 43.7 Å². The molecule has 0 radical (unpaired) electrons. The number of morpholine rings is 1. The van der Waals surface area contributed by atoms with Crippen molar-refractivity contribution in [3.05, 3.63) is 35.1 Å². The van der Waals surface area contributed by atoms with E-state index < -0.39 is 5.82 Å². The number of hydrogen-bond acceptors (Lipinski definition) is 4. The van der Waals surface area contributed by atoms with Crippen molar-refractivity contribution in [2.75, 3.05) is 26.8 Å². The van der Waals surface area contributed by atoms with E-state index in [1.54, 1.807) is 7.05 Å². The van der Waals surface area contributed by atoms with Crippen LogP contribution in [0.1, 0.15) is 17.5 Å². The molecule has 1 aliphatic rings. The summed E-state index contributed by atoms with van der Waals surface area (Å²) in [5, 5.41) is 12.0. The van der Waals surface area contributed by atoms with Gasteiger partial charge in [0, 0.05) is 38.2 Å². The van der Waals surface area contributed by atoms with Gasteiger partial charge in [-0.15, -0.1) is 0 Å². The lowest BCUT2D eigenvalue weighted by Gasteiger charge is -2.25. The van der Waals surface area contributed by atoms with Crippen molar-refractivity contribution < 1.29 is 13.9 Å². The highest BCUT2D eigenvalue weighted by Gasteiger charge is 2.20. The lowest BCUT2D eigenvalue weighted by molar-refractivity contribution is -0.131. The topological polar surface area (TPSA) is 65.4 Å². The van der Waals surface area contributed by atoms with Crippen LogP contribution < -0.4 is 5.32 Å². The molecule has 2 rings (SSSR count). The third-order valence-corrected chi connectivity index (χ3v) is 3.43. The first kappa shape index (κ1) is 15.4. The van der Waals surface area contributed by atoms with E-state index in [4.69, 9.17) is 10.00 Å². The molecule has 21 heavy (non-hydrogen) atoms. The van der Waals surface area contributed by atoms with Crippen molar-refractivity contribution in [3.63, 3.8) is 0 Å². The minimum Gasteiger partial charge on any atom is -0.378 e. The molecular weight excluding hydrogens is 273 g/mol. The second kappa shape index (κ2) is 7.16. The lowest BCUT2D eigenvalue weighted by atomic mass is 10.1. The molecule has 1 N–H and O–H groups in total. The van der Waals surface area contributed by atoms with E-state index in [9.17, 15) is 9.18 Å². The van der Waals surface area contributed by atoms with Crippen molar-refractivity contribution in [2.45, 2.75) is 19.0 Å². The fourth-order valence-corrected chi connectivity index (χ4v) is 2.23. The Morgan fingerprint density at radius 2 is 2.43 bits per heavy atom. The number of halogens is 1. The van der Waals surface area contributed by atoms with Crippen LogP contribution in [0.25, 0.3) is 0 Å². The van der Waals surface area contributed by atoms with Gasteiger partial charge in [-0.3, -0.25) is 4.79 Å². The van der Waals surface area contributed by atoms with Crippen LogP contribution >= 0.6 is 0 Å². The molecule has 0 bridgehead atoms. The Hall–Kier alpha value is -1.97. The third kappa shape index (κ3) is 4.25. The normalized spacial score (nSPS) is 18.0. The summed E-state index contributed by atoms with van der Waals surface area (Å²) in [5.41, 5.74) is 0.729.